The van der Waals surface area contributed by atoms with Crippen LogP contribution in [0.15, 0.2) is 94.1 Å². The van der Waals surface area contributed by atoms with Gasteiger partial charge in [0.25, 0.3) is 5.91 Å². The second-order valence-electron chi connectivity index (χ2n) is 6.51. The molecule has 0 unspecified atom stereocenters. The maximum Gasteiger partial charge on any atom is 0.374 e. The summed E-state index contributed by atoms with van der Waals surface area (Å²) >= 11 is 0. The number of carbonyl (C=O) groups is 2. The molecule has 0 bridgehead atoms. The van der Waals surface area contributed by atoms with Crippen LogP contribution in [0.25, 0.3) is 11.0 Å². The number of rotatable bonds is 6. The van der Waals surface area contributed by atoms with E-state index in [0.29, 0.717) is 22.6 Å². The number of para-hydroxylation sites is 4. The van der Waals surface area contributed by atoms with Crippen LogP contribution in [0.1, 0.15) is 10.6 Å². The summed E-state index contributed by atoms with van der Waals surface area (Å²) in [5.41, 5.74) is 0.313. The Morgan fingerprint density at radius 2 is 1.58 bits per heavy atom. The fourth-order valence-electron chi connectivity index (χ4n) is 2.87. The number of fused-ring (bicyclic) bond motifs is 1. The quantitative estimate of drug-likeness (QED) is 0.470. The van der Waals surface area contributed by atoms with E-state index in [-0.39, 0.29) is 16.8 Å². The molecule has 0 spiro atoms. The van der Waals surface area contributed by atoms with Crippen LogP contribution in [0.4, 0.5) is 5.69 Å². The predicted molar refractivity (Wildman–Crippen MR) is 114 cm³/mol. The molecule has 0 aliphatic carbocycles. The maximum absolute atomic E-state index is 12.3. The summed E-state index contributed by atoms with van der Waals surface area (Å²) in [5.74, 6) is -0.701. The lowest BCUT2D eigenvalue weighted by molar-refractivity contribution is -0.119. The summed E-state index contributed by atoms with van der Waals surface area (Å²) in [6, 6.07) is 23.6. The summed E-state index contributed by atoms with van der Waals surface area (Å²) < 4.78 is 16.2. The number of nitrogens with one attached hydrogen (secondary N) is 1. The van der Waals surface area contributed by atoms with Crippen LogP contribution < -0.4 is 15.5 Å². The lowest BCUT2D eigenvalue weighted by Crippen LogP contribution is -2.21. The minimum atomic E-state index is -0.910. The van der Waals surface area contributed by atoms with Gasteiger partial charge in [0.15, 0.2) is 17.8 Å². The average molecular weight is 415 g/mol. The summed E-state index contributed by atoms with van der Waals surface area (Å²) in [6.45, 7) is -0.560. The Morgan fingerprint density at radius 1 is 0.871 bits per heavy atom. The van der Waals surface area contributed by atoms with Gasteiger partial charge in [-0.25, -0.2) is 4.79 Å². The number of hydrogen-bond donors (Lipinski definition) is 1. The van der Waals surface area contributed by atoms with Crippen LogP contribution in [0.2, 0.25) is 0 Å². The highest BCUT2D eigenvalue weighted by atomic mass is 16.5. The summed E-state index contributed by atoms with van der Waals surface area (Å²) in [5, 5.41) is 3.00. The highest BCUT2D eigenvalue weighted by molar-refractivity contribution is 5.96. The first kappa shape index (κ1) is 19.9. The fourth-order valence-corrected chi connectivity index (χ4v) is 2.87. The van der Waals surface area contributed by atoms with E-state index in [0.717, 1.165) is 6.07 Å². The number of ether oxygens (including phenoxy) is 2. The third-order valence-electron chi connectivity index (χ3n) is 4.30. The second kappa shape index (κ2) is 8.96. The van der Waals surface area contributed by atoms with E-state index in [1.807, 2.05) is 18.2 Å². The molecular formula is C24H17NO6. The van der Waals surface area contributed by atoms with Crippen molar-refractivity contribution in [2.24, 2.45) is 0 Å². The van der Waals surface area contributed by atoms with Crippen LogP contribution in [0.5, 0.6) is 11.5 Å². The molecule has 0 saturated carbocycles. The molecule has 154 valence electrons. The summed E-state index contributed by atoms with van der Waals surface area (Å²) in [7, 11) is 0. The molecule has 0 saturated heterocycles. The molecule has 3 aromatic carbocycles. The van der Waals surface area contributed by atoms with Crippen molar-refractivity contribution in [2.75, 3.05) is 11.9 Å². The molecule has 7 heteroatoms. The van der Waals surface area contributed by atoms with Gasteiger partial charge in [0.05, 0.1) is 11.1 Å². The van der Waals surface area contributed by atoms with E-state index >= 15 is 0 Å². The molecule has 0 aliphatic heterocycles. The first-order valence-electron chi connectivity index (χ1n) is 9.42. The SMILES string of the molecule is O=C(COC(=O)c1cc(=O)c2ccccc2o1)Nc1ccccc1Oc1ccccc1. The third-order valence-corrected chi connectivity index (χ3v) is 4.30. The summed E-state index contributed by atoms with van der Waals surface area (Å²) in [6.07, 6.45) is 0. The van der Waals surface area contributed by atoms with Crippen LogP contribution >= 0.6 is 0 Å². The van der Waals surface area contributed by atoms with Crippen LogP contribution in [-0.2, 0) is 9.53 Å². The average Bonchev–Trinajstić information content (AvgIpc) is 2.79. The Bertz CT molecular complexity index is 1300. The zero-order valence-electron chi connectivity index (χ0n) is 16.2. The molecule has 4 rings (SSSR count). The minimum absolute atomic E-state index is 0.262. The maximum atomic E-state index is 12.3. The van der Waals surface area contributed by atoms with E-state index in [1.165, 1.54) is 0 Å². The first-order chi connectivity index (χ1) is 15.1. The molecule has 1 N–H and O–H groups in total. The highest BCUT2D eigenvalue weighted by Crippen LogP contribution is 2.29. The van der Waals surface area contributed by atoms with E-state index < -0.39 is 18.5 Å². The lowest BCUT2D eigenvalue weighted by atomic mass is 10.2. The normalized spacial score (nSPS) is 10.5. The van der Waals surface area contributed by atoms with E-state index in [2.05, 4.69) is 5.32 Å². The number of carbonyl (C=O) groups excluding carboxylic acids is 2. The third kappa shape index (κ3) is 4.79. The van der Waals surface area contributed by atoms with Crippen molar-refractivity contribution >= 4 is 28.5 Å². The molecular weight excluding hydrogens is 398 g/mol. The standard InChI is InChI=1S/C24H17NO6/c26-19-14-22(31-20-12-6-4-10-17(19)20)24(28)29-15-23(27)25-18-11-5-7-13-21(18)30-16-8-2-1-3-9-16/h1-14H,15H2,(H,25,27). The molecule has 0 aliphatic rings. The Balaban J connectivity index is 1.41. The van der Waals surface area contributed by atoms with Gasteiger partial charge in [0.2, 0.25) is 5.76 Å². The Hall–Kier alpha value is -4.39. The van der Waals surface area contributed by atoms with Gasteiger partial charge in [0.1, 0.15) is 11.3 Å². The number of amides is 1. The smallest absolute Gasteiger partial charge is 0.374 e. The Morgan fingerprint density at radius 3 is 2.42 bits per heavy atom. The fraction of sp³-hybridized carbons (Fsp3) is 0.0417. The molecule has 4 aromatic rings. The van der Waals surface area contributed by atoms with E-state index in [9.17, 15) is 14.4 Å². The van der Waals surface area contributed by atoms with Crippen LogP contribution in [0, 0.1) is 0 Å². The summed E-state index contributed by atoms with van der Waals surface area (Å²) in [4.78, 5) is 36.7. The Labute approximate surface area is 176 Å². The molecule has 0 radical (unpaired) electrons. The monoisotopic (exact) mass is 415 g/mol. The van der Waals surface area contributed by atoms with Gasteiger partial charge >= 0.3 is 5.97 Å². The molecule has 0 atom stereocenters. The molecule has 1 amide bonds. The van der Waals surface area contributed by atoms with Crippen molar-refractivity contribution in [3.8, 4) is 11.5 Å². The molecule has 0 fully saturated rings. The zero-order valence-corrected chi connectivity index (χ0v) is 16.2. The zero-order chi connectivity index (χ0) is 21.6. The van der Waals surface area contributed by atoms with Crippen molar-refractivity contribution in [1.29, 1.82) is 0 Å². The largest absolute Gasteiger partial charge is 0.455 e. The lowest BCUT2D eigenvalue weighted by Gasteiger charge is -2.12. The first-order valence-corrected chi connectivity index (χ1v) is 9.42. The minimum Gasteiger partial charge on any atom is -0.455 e. The molecule has 7 nitrogen and oxygen atoms in total. The molecule has 31 heavy (non-hydrogen) atoms. The van der Waals surface area contributed by atoms with Gasteiger partial charge in [-0.3, -0.25) is 9.59 Å². The van der Waals surface area contributed by atoms with Gasteiger partial charge in [-0.15, -0.1) is 0 Å². The Kier molecular flexibility index (Phi) is 5.75. The van der Waals surface area contributed by atoms with Crippen molar-refractivity contribution < 1.29 is 23.5 Å². The second-order valence-corrected chi connectivity index (χ2v) is 6.51. The topological polar surface area (TPSA) is 94.8 Å². The van der Waals surface area contributed by atoms with Crippen molar-refractivity contribution in [1.82, 2.24) is 0 Å². The number of anilines is 1. The number of hydrogen-bond acceptors (Lipinski definition) is 6. The van der Waals surface area contributed by atoms with Crippen molar-refractivity contribution in [2.45, 2.75) is 0 Å². The highest BCUT2D eigenvalue weighted by Gasteiger charge is 2.16. The van der Waals surface area contributed by atoms with E-state index in [1.54, 1.807) is 60.7 Å². The van der Waals surface area contributed by atoms with Crippen molar-refractivity contribution in [3.05, 3.63) is 101 Å². The molecule has 1 aromatic heterocycles. The molecule has 1 heterocycles. The number of benzene rings is 3. The van der Waals surface area contributed by atoms with Gasteiger partial charge in [-0.2, -0.15) is 0 Å². The van der Waals surface area contributed by atoms with Gasteiger partial charge in [-0.05, 0) is 36.4 Å². The van der Waals surface area contributed by atoms with Crippen molar-refractivity contribution in [3.63, 3.8) is 0 Å². The van der Waals surface area contributed by atoms with Gasteiger partial charge in [-0.1, -0.05) is 42.5 Å². The number of esters is 1. The van der Waals surface area contributed by atoms with Gasteiger partial charge < -0.3 is 19.2 Å². The predicted octanol–water partition coefficient (Wildman–Crippen LogP) is 4.38. The van der Waals surface area contributed by atoms with Crippen LogP contribution in [-0.4, -0.2) is 18.5 Å². The van der Waals surface area contributed by atoms with Gasteiger partial charge in [0, 0.05) is 6.07 Å². The van der Waals surface area contributed by atoms with Crippen LogP contribution in [0.3, 0.4) is 0 Å². The van der Waals surface area contributed by atoms with E-state index in [4.69, 9.17) is 13.9 Å².